The first kappa shape index (κ1) is 10.2. The predicted octanol–water partition coefficient (Wildman–Crippen LogP) is 1.37. The molecule has 14 heavy (non-hydrogen) atoms. The predicted molar refractivity (Wildman–Crippen MR) is 52.9 cm³/mol. The van der Waals surface area contributed by atoms with Crippen LogP contribution in [0.25, 0.3) is 0 Å². The van der Waals surface area contributed by atoms with Gasteiger partial charge in [0.05, 0.1) is 0 Å². The zero-order valence-electron chi connectivity index (χ0n) is 8.02. The van der Waals surface area contributed by atoms with E-state index in [4.69, 9.17) is 4.74 Å². The third kappa shape index (κ3) is 2.58. The molecule has 0 fully saturated rings. The summed E-state index contributed by atoms with van der Waals surface area (Å²) in [6.45, 7) is 1.30. The van der Waals surface area contributed by atoms with E-state index >= 15 is 0 Å². The van der Waals surface area contributed by atoms with Crippen molar-refractivity contribution < 1.29 is 14.6 Å². The summed E-state index contributed by atoms with van der Waals surface area (Å²) in [6.07, 6.45) is 1.52. The highest BCUT2D eigenvalue weighted by molar-refractivity contribution is 5.83. The Morgan fingerprint density at radius 1 is 1.57 bits per heavy atom. The van der Waals surface area contributed by atoms with Crippen LogP contribution in [0.3, 0.4) is 0 Å². The van der Waals surface area contributed by atoms with Crippen LogP contribution in [-0.4, -0.2) is 24.3 Å². The molecule has 0 bridgehead atoms. The Morgan fingerprint density at radius 2 is 2.29 bits per heavy atom. The first-order chi connectivity index (χ1) is 6.63. The lowest BCUT2D eigenvalue weighted by molar-refractivity contribution is -0.131. The summed E-state index contributed by atoms with van der Waals surface area (Å²) in [6, 6.07) is 4.59. The van der Waals surface area contributed by atoms with E-state index in [-0.39, 0.29) is 5.75 Å². The maximum Gasteiger partial charge on any atom is 0.308 e. The lowest BCUT2D eigenvalue weighted by Crippen LogP contribution is -2.01. The molecule has 0 unspecified atom stereocenters. The molecule has 0 aromatic heterocycles. The Hall–Kier alpha value is -1.84. The summed E-state index contributed by atoms with van der Waals surface area (Å²) in [5.74, 6) is -0.0566. The van der Waals surface area contributed by atoms with Gasteiger partial charge in [-0.15, -0.1) is 0 Å². The Morgan fingerprint density at radius 3 is 2.79 bits per heavy atom. The lowest BCUT2D eigenvalue weighted by atomic mass is 10.2. The molecule has 1 rings (SSSR count). The Bertz CT molecular complexity index is 372. The number of carbonyl (C=O) groups excluding carboxylic acids is 1. The summed E-state index contributed by atoms with van der Waals surface area (Å²) in [5, 5.41) is 9.45. The Balaban J connectivity index is 2.94. The third-order valence-electron chi connectivity index (χ3n) is 1.53. The van der Waals surface area contributed by atoms with Crippen LogP contribution in [-0.2, 0) is 4.79 Å². The molecule has 0 aliphatic rings. The summed E-state index contributed by atoms with van der Waals surface area (Å²) in [7, 11) is 1.61. The fraction of sp³-hybridized carbons (Fsp3) is 0.200. The minimum atomic E-state index is -0.415. The molecule has 0 spiro atoms. The van der Waals surface area contributed by atoms with Crippen molar-refractivity contribution in [2.75, 3.05) is 7.05 Å². The van der Waals surface area contributed by atoms with E-state index in [2.05, 4.69) is 4.99 Å². The van der Waals surface area contributed by atoms with Gasteiger partial charge < -0.3 is 9.84 Å². The zero-order valence-corrected chi connectivity index (χ0v) is 8.02. The second-order valence-electron chi connectivity index (χ2n) is 2.70. The van der Waals surface area contributed by atoms with Crippen LogP contribution in [0.2, 0.25) is 0 Å². The number of ether oxygens (including phenoxy) is 1. The van der Waals surface area contributed by atoms with Crippen LogP contribution in [0, 0.1) is 0 Å². The van der Waals surface area contributed by atoms with Crippen LogP contribution >= 0.6 is 0 Å². The van der Waals surface area contributed by atoms with Crippen LogP contribution in [0.1, 0.15) is 12.5 Å². The molecular formula is C10H11NO3. The third-order valence-corrected chi connectivity index (χ3v) is 1.53. The highest BCUT2D eigenvalue weighted by atomic mass is 16.5. The number of hydrogen-bond acceptors (Lipinski definition) is 4. The quantitative estimate of drug-likeness (QED) is 0.438. The number of hydrogen-bond donors (Lipinski definition) is 1. The fourth-order valence-corrected chi connectivity index (χ4v) is 1.00. The topological polar surface area (TPSA) is 58.9 Å². The maximum atomic E-state index is 10.6. The smallest absolute Gasteiger partial charge is 0.308 e. The van der Waals surface area contributed by atoms with Gasteiger partial charge in [0.15, 0.2) is 0 Å². The maximum absolute atomic E-state index is 10.6. The standard InChI is InChI=1S/C10H11NO3/c1-7(12)14-9-4-3-8(6-11-2)10(13)5-9/h3-6,13H,1-2H3. The van der Waals surface area contributed by atoms with Crippen LogP contribution in [0.5, 0.6) is 11.5 Å². The molecule has 4 heteroatoms. The van der Waals surface area contributed by atoms with Crippen molar-refractivity contribution in [1.29, 1.82) is 0 Å². The molecular weight excluding hydrogens is 182 g/mol. The molecule has 0 amide bonds. The van der Waals surface area contributed by atoms with Gasteiger partial charge in [-0.25, -0.2) is 0 Å². The fourth-order valence-electron chi connectivity index (χ4n) is 1.00. The van der Waals surface area contributed by atoms with Gasteiger partial charge in [-0.3, -0.25) is 9.79 Å². The van der Waals surface area contributed by atoms with Gasteiger partial charge in [0.25, 0.3) is 0 Å². The second-order valence-corrected chi connectivity index (χ2v) is 2.70. The molecule has 74 valence electrons. The van der Waals surface area contributed by atoms with Crippen molar-refractivity contribution in [3.63, 3.8) is 0 Å². The normalized spacial score (nSPS) is 10.4. The molecule has 0 atom stereocenters. The minimum absolute atomic E-state index is 0.0364. The van der Waals surface area contributed by atoms with E-state index in [1.807, 2.05) is 0 Å². The monoisotopic (exact) mass is 193 g/mol. The SMILES string of the molecule is CN=Cc1ccc(OC(C)=O)cc1O. The van der Waals surface area contributed by atoms with Gasteiger partial charge in [0, 0.05) is 31.8 Å². The van der Waals surface area contributed by atoms with E-state index in [0.29, 0.717) is 11.3 Å². The van der Waals surface area contributed by atoms with E-state index in [1.54, 1.807) is 19.2 Å². The Labute approximate surface area is 81.9 Å². The van der Waals surface area contributed by atoms with Crippen molar-refractivity contribution in [2.24, 2.45) is 4.99 Å². The average Bonchev–Trinajstić information content (AvgIpc) is 2.09. The molecule has 0 heterocycles. The minimum Gasteiger partial charge on any atom is -0.507 e. The number of carbonyl (C=O) groups is 1. The molecule has 0 radical (unpaired) electrons. The van der Waals surface area contributed by atoms with Crippen LogP contribution < -0.4 is 4.74 Å². The lowest BCUT2D eigenvalue weighted by Gasteiger charge is -2.03. The number of nitrogens with zero attached hydrogens (tertiary/aromatic N) is 1. The summed E-state index contributed by atoms with van der Waals surface area (Å²) in [5.41, 5.74) is 0.586. The molecule has 0 aliphatic carbocycles. The molecule has 0 saturated heterocycles. The first-order valence-corrected chi connectivity index (χ1v) is 4.07. The van der Waals surface area contributed by atoms with Crippen molar-refractivity contribution in [1.82, 2.24) is 0 Å². The van der Waals surface area contributed by atoms with Crippen molar-refractivity contribution in [3.05, 3.63) is 23.8 Å². The number of esters is 1. The molecule has 1 N–H and O–H groups in total. The number of phenolic OH excluding ortho intramolecular Hbond substituents is 1. The molecule has 4 nitrogen and oxygen atoms in total. The van der Waals surface area contributed by atoms with Gasteiger partial charge in [-0.1, -0.05) is 0 Å². The van der Waals surface area contributed by atoms with E-state index in [1.165, 1.54) is 19.2 Å². The molecule has 0 aliphatic heterocycles. The van der Waals surface area contributed by atoms with Crippen molar-refractivity contribution >= 4 is 12.2 Å². The highest BCUT2D eigenvalue weighted by Gasteiger charge is 2.02. The summed E-state index contributed by atoms with van der Waals surface area (Å²) >= 11 is 0. The van der Waals surface area contributed by atoms with E-state index in [9.17, 15) is 9.90 Å². The molecule has 0 saturated carbocycles. The van der Waals surface area contributed by atoms with Crippen LogP contribution in [0.15, 0.2) is 23.2 Å². The van der Waals surface area contributed by atoms with Gasteiger partial charge >= 0.3 is 5.97 Å². The van der Waals surface area contributed by atoms with Crippen molar-refractivity contribution in [2.45, 2.75) is 6.92 Å². The number of phenols is 1. The van der Waals surface area contributed by atoms with Gasteiger partial charge in [0.2, 0.25) is 0 Å². The number of rotatable bonds is 2. The zero-order chi connectivity index (χ0) is 10.6. The van der Waals surface area contributed by atoms with E-state index < -0.39 is 5.97 Å². The van der Waals surface area contributed by atoms with Gasteiger partial charge in [-0.2, -0.15) is 0 Å². The van der Waals surface area contributed by atoms with Crippen molar-refractivity contribution in [3.8, 4) is 11.5 Å². The second kappa shape index (κ2) is 4.41. The van der Waals surface area contributed by atoms with Gasteiger partial charge in [-0.05, 0) is 12.1 Å². The Kier molecular flexibility index (Phi) is 3.23. The largest absolute Gasteiger partial charge is 0.507 e. The molecule has 1 aromatic carbocycles. The number of aromatic hydroxyl groups is 1. The van der Waals surface area contributed by atoms with E-state index in [0.717, 1.165) is 0 Å². The highest BCUT2D eigenvalue weighted by Crippen LogP contribution is 2.22. The van der Waals surface area contributed by atoms with Gasteiger partial charge in [0.1, 0.15) is 11.5 Å². The average molecular weight is 193 g/mol. The summed E-state index contributed by atoms with van der Waals surface area (Å²) in [4.78, 5) is 14.4. The number of benzene rings is 1. The first-order valence-electron chi connectivity index (χ1n) is 4.07. The molecule has 1 aromatic rings. The van der Waals surface area contributed by atoms with Crippen LogP contribution in [0.4, 0.5) is 0 Å². The summed E-state index contributed by atoms with van der Waals surface area (Å²) < 4.78 is 4.78. The number of aliphatic imine (C=N–C) groups is 1.